The summed E-state index contributed by atoms with van der Waals surface area (Å²) in [6.45, 7) is 0.0148. The molecule has 1 aromatic heterocycles. The molecular weight excluding hydrogens is 338 g/mol. The Kier molecular flexibility index (Phi) is 6.97. The van der Waals surface area contributed by atoms with Gasteiger partial charge < -0.3 is 10.6 Å². The lowest BCUT2D eigenvalue weighted by Gasteiger charge is -2.23. The summed E-state index contributed by atoms with van der Waals surface area (Å²) < 4.78 is 0. The Morgan fingerprint density at radius 1 is 1.00 bits per heavy atom. The first-order chi connectivity index (χ1) is 13.2. The van der Waals surface area contributed by atoms with Gasteiger partial charge in [0.15, 0.2) is 0 Å². The highest BCUT2D eigenvalue weighted by molar-refractivity contribution is 5.88. The van der Waals surface area contributed by atoms with Gasteiger partial charge in [-0.3, -0.25) is 14.6 Å². The Balaban J connectivity index is 1.59. The molecular formula is C22H27N3O2. The van der Waals surface area contributed by atoms with E-state index in [2.05, 4.69) is 15.6 Å². The van der Waals surface area contributed by atoms with Crippen LogP contribution in [0.25, 0.3) is 0 Å². The molecule has 2 aromatic rings. The maximum Gasteiger partial charge on any atom is 0.239 e. The number of aromatic nitrogens is 1. The van der Waals surface area contributed by atoms with Crippen molar-refractivity contribution in [2.45, 2.75) is 50.5 Å². The van der Waals surface area contributed by atoms with Gasteiger partial charge in [0.25, 0.3) is 0 Å². The van der Waals surface area contributed by atoms with E-state index in [4.69, 9.17) is 0 Å². The average Bonchev–Trinajstić information content (AvgIpc) is 2.72. The van der Waals surface area contributed by atoms with Gasteiger partial charge in [0.05, 0.1) is 12.5 Å². The molecule has 1 aromatic carbocycles. The van der Waals surface area contributed by atoms with Crippen LogP contribution >= 0.6 is 0 Å². The van der Waals surface area contributed by atoms with Crippen molar-refractivity contribution >= 4 is 11.8 Å². The lowest BCUT2D eigenvalue weighted by atomic mass is 9.93. The monoisotopic (exact) mass is 365 g/mol. The summed E-state index contributed by atoms with van der Waals surface area (Å²) in [5.74, 6) is -0.630. The van der Waals surface area contributed by atoms with Crippen molar-refractivity contribution in [3.63, 3.8) is 0 Å². The molecule has 0 bridgehead atoms. The van der Waals surface area contributed by atoms with E-state index in [-0.39, 0.29) is 30.3 Å². The fourth-order valence-corrected chi connectivity index (χ4v) is 3.59. The number of hydrogen-bond donors (Lipinski definition) is 2. The maximum atomic E-state index is 12.8. The number of carbonyl (C=O) groups excluding carboxylic acids is 2. The standard InChI is InChI=1S/C22H27N3O2/c26-21(25-18-11-5-2-6-12-18)16-24-22(27)20(17-9-3-1-4-10-17)15-19-13-7-8-14-23-19/h1,3-4,7-10,13-14,18,20H,2,5-6,11-12,15-16H2,(H,24,27)(H,25,26). The van der Waals surface area contributed by atoms with Gasteiger partial charge in [-0.15, -0.1) is 0 Å². The highest BCUT2D eigenvalue weighted by atomic mass is 16.2. The molecule has 2 amide bonds. The van der Waals surface area contributed by atoms with Crippen molar-refractivity contribution in [2.75, 3.05) is 6.54 Å². The number of carbonyl (C=O) groups is 2. The normalized spacial score (nSPS) is 15.7. The fourth-order valence-electron chi connectivity index (χ4n) is 3.59. The molecule has 1 fully saturated rings. The van der Waals surface area contributed by atoms with E-state index in [1.54, 1.807) is 6.20 Å². The molecule has 1 atom stereocenters. The second-order valence-corrected chi connectivity index (χ2v) is 7.11. The molecule has 142 valence electrons. The van der Waals surface area contributed by atoms with Crippen LogP contribution in [0.2, 0.25) is 0 Å². The minimum absolute atomic E-state index is 0.0148. The predicted octanol–water partition coefficient (Wildman–Crippen LogP) is 2.97. The molecule has 3 rings (SSSR count). The predicted molar refractivity (Wildman–Crippen MR) is 105 cm³/mol. The first-order valence-electron chi connectivity index (χ1n) is 9.74. The minimum atomic E-state index is -0.372. The highest BCUT2D eigenvalue weighted by Crippen LogP contribution is 2.20. The van der Waals surface area contributed by atoms with Crippen LogP contribution in [0.4, 0.5) is 0 Å². The van der Waals surface area contributed by atoms with Gasteiger partial charge in [-0.2, -0.15) is 0 Å². The van der Waals surface area contributed by atoms with E-state index < -0.39 is 0 Å². The smallest absolute Gasteiger partial charge is 0.239 e. The summed E-state index contributed by atoms with van der Waals surface area (Å²) >= 11 is 0. The first-order valence-corrected chi connectivity index (χ1v) is 9.74. The lowest BCUT2D eigenvalue weighted by molar-refractivity contribution is -0.127. The number of hydrogen-bond acceptors (Lipinski definition) is 3. The Morgan fingerprint density at radius 2 is 1.74 bits per heavy atom. The summed E-state index contributed by atoms with van der Waals surface area (Å²) in [7, 11) is 0. The zero-order valence-corrected chi connectivity index (χ0v) is 15.6. The van der Waals surface area contributed by atoms with Crippen LogP contribution in [0, 0.1) is 0 Å². The van der Waals surface area contributed by atoms with Crippen LogP contribution < -0.4 is 10.6 Å². The number of benzene rings is 1. The first kappa shape index (κ1) is 19.1. The summed E-state index contributed by atoms with van der Waals surface area (Å²) in [5.41, 5.74) is 1.78. The fraction of sp³-hybridized carbons (Fsp3) is 0.409. The van der Waals surface area contributed by atoms with E-state index in [0.29, 0.717) is 6.42 Å². The molecule has 1 aliphatic rings. The Morgan fingerprint density at radius 3 is 2.44 bits per heavy atom. The van der Waals surface area contributed by atoms with Gasteiger partial charge in [0.1, 0.15) is 0 Å². The van der Waals surface area contributed by atoms with Crippen LogP contribution in [0.1, 0.15) is 49.3 Å². The van der Waals surface area contributed by atoms with E-state index >= 15 is 0 Å². The average molecular weight is 365 g/mol. The molecule has 2 N–H and O–H groups in total. The van der Waals surface area contributed by atoms with E-state index in [1.165, 1.54) is 6.42 Å². The second kappa shape index (κ2) is 9.86. The zero-order chi connectivity index (χ0) is 18.9. The Hall–Kier alpha value is -2.69. The Bertz CT molecular complexity index is 728. The molecule has 1 heterocycles. The van der Waals surface area contributed by atoms with E-state index in [1.807, 2.05) is 48.5 Å². The Labute approximate surface area is 160 Å². The van der Waals surface area contributed by atoms with Gasteiger partial charge in [0.2, 0.25) is 11.8 Å². The third-order valence-corrected chi connectivity index (χ3v) is 5.05. The molecule has 1 aliphatic carbocycles. The molecule has 27 heavy (non-hydrogen) atoms. The van der Waals surface area contributed by atoms with Crippen LogP contribution in [0.15, 0.2) is 54.7 Å². The third-order valence-electron chi connectivity index (χ3n) is 5.05. The number of nitrogens with one attached hydrogen (secondary N) is 2. The summed E-state index contributed by atoms with van der Waals surface area (Å²) in [4.78, 5) is 29.4. The second-order valence-electron chi connectivity index (χ2n) is 7.11. The van der Waals surface area contributed by atoms with Crippen molar-refractivity contribution in [3.05, 3.63) is 66.0 Å². The van der Waals surface area contributed by atoms with E-state index in [9.17, 15) is 9.59 Å². The van der Waals surface area contributed by atoms with E-state index in [0.717, 1.165) is 36.9 Å². The van der Waals surface area contributed by atoms with Crippen molar-refractivity contribution in [2.24, 2.45) is 0 Å². The molecule has 0 spiro atoms. The van der Waals surface area contributed by atoms with Gasteiger partial charge in [0, 0.05) is 24.4 Å². The summed E-state index contributed by atoms with van der Waals surface area (Å²) in [6, 6.07) is 15.6. The van der Waals surface area contributed by atoms with Crippen LogP contribution in [0.3, 0.4) is 0 Å². The lowest BCUT2D eigenvalue weighted by Crippen LogP contribution is -2.43. The number of pyridine rings is 1. The minimum Gasteiger partial charge on any atom is -0.352 e. The highest BCUT2D eigenvalue weighted by Gasteiger charge is 2.22. The molecule has 0 aliphatic heterocycles. The summed E-state index contributed by atoms with van der Waals surface area (Å²) in [5, 5.41) is 5.85. The topological polar surface area (TPSA) is 71.1 Å². The summed E-state index contributed by atoms with van der Waals surface area (Å²) in [6.07, 6.45) is 7.87. The van der Waals surface area contributed by atoms with Crippen molar-refractivity contribution in [1.82, 2.24) is 15.6 Å². The van der Waals surface area contributed by atoms with Gasteiger partial charge >= 0.3 is 0 Å². The molecule has 0 saturated heterocycles. The van der Waals surface area contributed by atoms with Gasteiger partial charge in [-0.05, 0) is 30.5 Å². The molecule has 5 nitrogen and oxygen atoms in total. The number of amides is 2. The molecule has 0 radical (unpaired) electrons. The SMILES string of the molecule is O=C(CNC(=O)C(Cc1ccccn1)c1ccccc1)NC1CCCCC1. The van der Waals surface area contributed by atoms with Gasteiger partial charge in [-0.25, -0.2) is 0 Å². The molecule has 1 unspecified atom stereocenters. The van der Waals surface area contributed by atoms with Gasteiger partial charge in [-0.1, -0.05) is 55.7 Å². The number of nitrogens with zero attached hydrogens (tertiary/aromatic N) is 1. The number of rotatable bonds is 7. The quantitative estimate of drug-likeness (QED) is 0.792. The van der Waals surface area contributed by atoms with Crippen molar-refractivity contribution in [3.8, 4) is 0 Å². The van der Waals surface area contributed by atoms with Crippen LogP contribution in [-0.4, -0.2) is 29.4 Å². The molecule has 5 heteroatoms. The molecule has 1 saturated carbocycles. The van der Waals surface area contributed by atoms with Crippen LogP contribution in [0.5, 0.6) is 0 Å². The zero-order valence-electron chi connectivity index (χ0n) is 15.6. The largest absolute Gasteiger partial charge is 0.352 e. The maximum absolute atomic E-state index is 12.8. The van der Waals surface area contributed by atoms with Crippen molar-refractivity contribution in [1.29, 1.82) is 0 Å². The van der Waals surface area contributed by atoms with Crippen LogP contribution in [-0.2, 0) is 16.0 Å². The van der Waals surface area contributed by atoms with Crippen molar-refractivity contribution < 1.29 is 9.59 Å². The third kappa shape index (κ3) is 5.91.